The summed E-state index contributed by atoms with van der Waals surface area (Å²) in [7, 11) is 0. The summed E-state index contributed by atoms with van der Waals surface area (Å²) in [6.07, 6.45) is 2.99. The van der Waals surface area contributed by atoms with E-state index in [0.29, 0.717) is 17.5 Å². The van der Waals surface area contributed by atoms with E-state index in [1.165, 1.54) is 12.8 Å². The zero-order valence-corrected chi connectivity index (χ0v) is 12.0. The first-order chi connectivity index (χ1) is 9.24. The van der Waals surface area contributed by atoms with Gasteiger partial charge in [-0.25, -0.2) is 4.98 Å². The monoisotopic (exact) mass is 278 g/mol. The minimum Gasteiger partial charge on any atom is -0.370 e. The first kappa shape index (κ1) is 14.1. The summed E-state index contributed by atoms with van der Waals surface area (Å²) in [5.41, 5.74) is 0.893. The molecule has 1 saturated carbocycles. The normalized spacial score (nSPS) is 14.4. The second-order valence-electron chi connectivity index (χ2n) is 4.77. The van der Waals surface area contributed by atoms with Gasteiger partial charge in [-0.2, -0.15) is 5.26 Å². The number of hydrogen-bond donors (Lipinski definition) is 1. The van der Waals surface area contributed by atoms with Crippen LogP contribution in [-0.4, -0.2) is 29.0 Å². The molecular formula is C14H19ClN4. The van der Waals surface area contributed by atoms with Crippen LogP contribution in [-0.2, 0) is 6.54 Å². The van der Waals surface area contributed by atoms with Crippen LogP contribution in [0.5, 0.6) is 0 Å². The van der Waals surface area contributed by atoms with Gasteiger partial charge in [0.2, 0.25) is 0 Å². The van der Waals surface area contributed by atoms with E-state index in [1.807, 2.05) is 19.1 Å². The molecule has 0 saturated heterocycles. The van der Waals surface area contributed by atoms with Crippen LogP contribution in [0.1, 0.15) is 31.9 Å². The second-order valence-corrected chi connectivity index (χ2v) is 5.17. The van der Waals surface area contributed by atoms with Gasteiger partial charge in [-0.15, -0.1) is 0 Å². The Morgan fingerprint density at radius 3 is 2.95 bits per heavy atom. The Hall–Kier alpha value is -1.31. The summed E-state index contributed by atoms with van der Waals surface area (Å²) in [4.78, 5) is 6.87. The fraction of sp³-hybridized carbons (Fsp3) is 0.571. The number of hydrogen-bond acceptors (Lipinski definition) is 4. The summed E-state index contributed by atoms with van der Waals surface area (Å²) in [5.74, 6) is 0.859. The molecule has 0 amide bonds. The number of nitrogens with one attached hydrogen (secondary N) is 1. The largest absolute Gasteiger partial charge is 0.370 e. The third-order valence-electron chi connectivity index (χ3n) is 3.20. The van der Waals surface area contributed by atoms with Crippen LogP contribution in [0.3, 0.4) is 0 Å². The van der Waals surface area contributed by atoms with E-state index in [4.69, 9.17) is 16.9 Å². The van der Waals surface area contributed by atoms with Gasteiger partial charge in [0.1, 0.15) is 5.82 Å². The van der Waals surface area contributed by atoms with E-state index in [9.17, 15) is 0 Å². The van der Waals surface area contributed by atoms with Crippen molar-refractivity contribution >= 4 is 17.4 Å². The molecule has 2 rings (SSSR count). The van der Waals surface area contributed by atoms with Crippen LogP contribution in [0.4, 0.5) is 5.82 Å². The highest BCUT2D eigenvalue weighted by atomic mass is 35.5. The van der Waals surface area contributed by atoms with Crippen LogP contribution in [0, 0.1) is 11.3 Å². The lowest BCUT2D eigenvalue weighted by molar-refractivity contribution is 0.258. The first-order valence-electron chi connectivity index (χ1n) is 6.75. The van der Waals surface area contributed by atoms with Gasteiger partial charge < -0.3 is 5.32 Å². The zero-order valence-electron chi connectivity index (χ0n) is 11.2. The predicted molar refractivity (Wildman–Crippen MR) is 77.1 cm³/mol. The molecule has 0 spiro atoms. The minimum absolute atomic E-state index is 0.557. The number of rotatable bonds is 7. The molecule has 1 heterocycles. The van der Waals surface area contributed by atoms with E-state index < -0.39 is 0 Å². The van der Waals surface area contributed by atoms with E-state index in [-0.39, 0.29) is 0 Å². The molecule has 0 atom stereocenters. The average molecular weight is 279 g/mol. The maximum Gasteiger partial charge on any atom is 0.126 e. The molecule has 1 aliphatic rings. The van der Waals surface area contributed by atoms with Crippen molar-refractivity contribution in [2.75, 3.05) is 18.4 Å². The summed E-state index contributed by atoms with van der Waals surface area (Å²) in [6, 6.07) is 6.59. The van der Waals surface area contributed by atoms with Crippen molar-refractivity contribution in [1.29, 1.82) is 5.26 Å². The Balaban J connectivity index is 2.06. The summed E-state index contributed by atoms with van der Waals surface area (Å²) >= 11 is 6.22. The topological polar surface area (TPSA) is 52.0 Å². The smallest absolute Gasteiger partial charge is 0.126 e. The fourth-order valence-corrected chi connectivity index (χ4v) is 2.26. The lowest BCUT2D eigenvalue weighted by Crippen LogP contribution is -2.27. The lowest BCUT2D eigenvalue weighted by Gasteiger charge is -2.21. The van der Waals surface area contributed by atoms with Gasteiger partial charge in [-0.05, 0) is 31.9 Å². The second kappa shape index (κ2) is 6.74. The van der Waals surface area contributed by atoms with Crippen molar-refractivity contribution in [2.24, 2.45) is 0 Å². The van der Waals surface area contributed by atoms with Gasteiger partial charge in [0.15, 0.2) is 0 Å². The molecule has 1 aliphatic carbocycles. The highest BCUT2D eigenvalue weighted by molar-refractivity contribution is 6.31. The highest BCUT2D eigenvalue weighted by Gasteiger charge is 2.29. The Morgan fingerprint density at radius 2 is 2.32 bits per heavy atom. The van der Waals surface area contributed by atoms with Crippen LogP contribution < -0.4 is 5.32 Å². The Labute approximate surface area is 119 Å². The van der Waals surface area contributed by atoms with Crippen LogP contribution in [0.15, 0.2) is 12.1 Å². The van der Waals surface area contributed by atoms with Gasteiger partial charge in [0, 0.05) is 32.1 Å². The standard InChI is InChI=1S/C14H19ClN4/c1-2-17-14-7-6-12(15)13(18-14)10-19(9-3-8-16)11-4-5-11/h6-7,11H,2-5,9-10H2,1H3,(H,17,18). The molecule has 1 aromatic rings. The Kier molecular flexibility index (Phi) is 5.00. The molecule has 1 aromatic heterocycles. The molecule has 1 fully saturated rings. The number of pyridine rings is 1. The Morgan fingerprint density at radius 1 is 1.53 bits per heavy atom. The molecule has 102 valence electrons. The molecule has 0 unspecified atom stereocenters. The maximum atomic E-state index is 8.72. The van der Waals surface area contributed by atoms with Crippen LogP contribution >= 0.6 is 11.6 Å². The predicted octanol–water partition coefficient (Wildman–Crippen LogP) is 3.04. The fourth-order valence-electron chi connectivity index (χ4n) is 2.09. The van der Waals surface area contributed by atoms with Crippen molar-refractivity contribution in [3.63, 3.8) is 0 Å². The molecule has 19 heavy (non-hydrogen) atoms. The number of anilines is 1. The number of halogens is 1. The summed E-state index contributed by atoms with van der Waals surface area (Å²) in [6.45, 7) is 4.41. The van der Waals surface area contributed by atoms with E-state index in [2.05, 4.69) is 21.3 Å². The first-order valence-corrected chi connectivity index (χ1v) is 7.12. The summed E-state index contributed by atoms with van der Waals surface area (Å²) in [5, 5.41) is 12.6. The van der Waals surface area contributed by atoms with Gasteiger partial charge in [-0.3, -0.25) is 4.90 Å². The molecule has 1 N–H and O–H groups in total. The lowest BCUT2D eigenvalue weighted by atomic mass is 10.3. The van der Waals surface area contributed by atoms with Gasteiger partial charge in [0.05, 0.1) is 16.8 Å². The number of nitriles is 1. The van der Waals surface area contributed by atoms with E-state index >= 15 is 0 Å². The molecule has 0 bridgehead atoms. The number of nitrogens with zero attached hydrogens (tertiary/aromatic N) is 3. The van der Waals surface area contributed by atoms with Gasteiger partial charge in [-0.1, -0.05) is 11.6 Å². The molecular weight excluding hydrogens is 260 g/mol. The van der Waals surface area contributed by atoms with Crippen molar-refractivity contribution in [3.05, 3.63) is 22.8 Å². The summed E-state index contributed by atoms with van der Waals surface area (Å²) < 4.78 is 0. The van der Waals surface area contributed by atoms with Gasteiger partial charge >= 0.3 is 0 Å². The van der Waals surface area contributed by atoms with E-state index in [0.717, 1.165) is 31.1 Å². The molecule has 0 radical (unpaired) electrons. The maximum absolute atomic E-state index is 8.72. The Bertz CT molecular complexity index is 465. The third-order valence-corrected chi connectivity index (χ3v) is 3.55. The van der Waals surface area contributed by atoms with Gasteiger partial charge in [0.25, 0.3) is 0 Å². The molecule has 0 aromatic carbocycles. The van der Waals surface area contributed by atoms with E-state index in [1.54, 1.807) is 0 Å². The van der Waals surface area contributed by atoms with Crippen LogP contribution in [0.25, 0.3) is 0 Å². The van der Waals surface area contributed by atoms with Crippen molar-refractivity contribution in [2.45, 2.75) is 38.8 Å². The highest BCUT2D eigenvalue weighted by Crippen LogP contribution is 2.29. The SMILES string of the molecule is CCNc1ccc(Cl)c(CN(CCC#N)C2CC2)n1. The van der Waals surface area contributed by atoms with Crippen molar-refractivity contribution < 1.29 is 0 Å². The van der Waals surface area contributed by atoms with Crippen molar-refractivity contribution in [3.8, 4) is 6.07 Å². The molecule has 0 aliphatic heterocycles. The quantitative estimate of drug-likeness (QED) is 0.833. The van der Waals surface area contributed by atoms with Crippen molar-refractivity contribution in [1.82, 2.24) is 9.88 Å². The third kappa shape index (κ3) is 4.09. The van der Waals surface area contributed by atoms with Crippen LogP contribution in [0.2, 0.25) is 5.02 Å². The minimum atomic E-state index is 0.557. The molecule has 5 heteroatoms. The number of aromatic nitrogens is 1. The average Bonchev–Trinajstić information content (AvgIpc) is 3.22. The molecule has 4 nitrogen and oxygen atoms in total. The zero-order chi connectivity index (χ0) is 13.7.